The van der Waals surface area contributed by atoms with Gasteiger partial charge in [-0.3, -0.25) is 14.4 Å². The molecule has 2 aliphatic rings. The van der Waals surface area contributed by atoms with Crippen LogP contribution in [0.1, 0.15) is 49.4 Å². The number of ether oxygens (including phenoxy) is 1. The third kappa shape index (κ3) is 1.97. The second-order valence-corrected chi connectivity index (χ2v) is 6.35. The molecule has 3 N–H and O–H groups in total. The van der Waals surface area contributed by atoms with Crippen molar-refractivity contribution in [3.05, 3.63) is 45.5 Å². The van der Waals surface area contributed by atoms with E-state index >= 15 is 0 Å². The predicted octanol–water partition coefficient (Wildman–Crippen LogP) is 1.65. The molecule has 7 heteroatoms. The lowest BCUT2D eigenvalue weighted by atomic mass is 9.77. The minimum absolute atomic E-state index is 0.111. The number of Topliss-reactive ketones (excluding diaryl/α,β-unsaturated/α-hetero) is 1. The number of carbonyl (C=O) groups excluding carboxylic acids is 3. The largest absolute Gasteiger partial charge is 0.507 e. The number of carbonyl (C=O) groups is 3. The van der Waals surface area contributed by atoms with Gasteiger partial charge in [-0.15, -0.1) is 0 Å². The van der Waals surface area contributed by atoms with Gasteiger partial charge < -0.3 is 20.1 Å². The molecule has 0 fully saturated rings. The van der Waals surface area contributed by atoms with E-state index < -0.39 is 28.8 Å². The number of ketones is 3. The zero-order chi connectivity index (χ0) is 18.7. The molecular formula is C19H14O7. The summed E-state index contributed by atoms with van der Waals surface area (Å²) in [5, 5.41) is 31.4. The Morgan fingerprint density at radius 3 is 2.19 bits per heavy atom. The Kier molecular flexibility index (Phi) is 3.30. The Morgan fingerprint density at radius 2 is 1.50 bits per heavy atom. The maximum atomic E-state index is 12.9. The van der Waals surface area contributed by atoms with Crippen molar-refractivity contribution in [1.29, 1.82) is 0 Å². The summed E-state index contributed by atoms with van der Waals surface area (Å²) in [4.78, 5) is 37.6. The van der Waals surface area contributed by atoms with Crippen molar-refractivity contribution in [2.24, 2.45) is 0 Å². The third-order valence-electron chi connectivity index (χ3n) is 4.94. The molecule has 132 valence electrons. The Bertz CT molecular complexity index is 1030. The highest BCUT2D eigenvalue weighted by Crippen LogP contribution is 2.46. The molecule has 0 aliphatic heterocycles. The first-order chi connectivity index (χ1) is 12.3. The first-order valence-corrected chi connectivity index (χ1v) is 7.96. The number of fused-ring (bicyclic) bond motifs is 3. The highest BCUT2D eigenvalue weighted by molar-refractivity contribution is 6.31. The molecule has 2 aromatic carbocycles. The Hall–Kier alpha value is -3.35. The quantitative estimate of drug-likeness (QED) is 0.568. The molecule has 2 aromatic rings. The number of phenolic OH excluding ortho intramolecular Hbond substituents is 3. The average molecular weight is 354 g/mol. The van der Waals surface area contributed by atoms with E-state index in [1.54, 1.807) is 0 Å². The standard InChI is InChI=1S/C19H14O7/c1-26-8-5-11-13(12(21)6-8)19(25)15-14(18(11)24)17(23)10-4-7(20)2-3-9(10)16(15)22/h5-6,21-23H,2-4H2,1H3. The van der Waals surface area contributed by atoms with Crippen molar-refractivity contribution in [1.82, 2.24) is 0 Å². The van der Waals surface area contributed by atoms with Crippen LogP contribution >= 0.6 is 0 Å². The fourth-order valence-corrected chi connectivity index (χ4v) is 3.67. The summed E-state index contributed by atoms with van der Waals surface area (Å²) in [5.74, 6) is -2.77. The lowest BCUT2D eigenvalue weighted by Gasteiger charge is -2.26. The van der Waals surface area contributed by atoms with Crippen LogP contribution in [0.4, 0.5) is 0 Å². The molecule has 0 spiro atoms. The fraction of sp³-hybridized carbons (Fsp3) is 0.211. The van der Waals surface area contributed by atoms with E-state index in [0.717, 1.165) is 0 Å². The van der Waals surface area contributed by atoms with Gasteiger partial charge in [-0.05, 0) is 12.5 Å². The van der Waals surface area contributed by atoms with E-state index in [4.69, 9.17) is 4.74 Å². The number of rotatable bonds is 1. The first-order valence-electron chi connectivity index (χ1n) is 7.96. The topological polar surface area (TPSA) is 121 Å². The van der Waals surface area contributed by atoms with Crippen molar-refractivity contribution in [2.75, 3.05) is 7.11 Å². The number of phenols is 3. The Labute approximate surface area is 147 Å². The molecule has 0 bridgehead atoms. The van der Waals surface area contributed by atoms with E-state index in [1.807, 2.05) is 0 Å². The van der Waals surface area contributed by atoms with Crippen LogP contribution in [-0.2, 0) is 17.6 Å². The van der Waals surface area contributed by atoms with E-state index in [1.165, 1.54) is 19.2 Å². The van der Waals surface area contributed by atoms with Gasteiger partial charge in [0, 0.05) is 35.6 Å². The molecule has 2 aliphatic carbocycles. The molecule has 0 atom stereocenters. The molecule has 0 radical (unpaired) electrons. The van der Waals surface area contributed by atoms with Gasteiger partial charge in [0.05, 0.1) is 23.8 Å². The van der Waals surface area contributed by atoms with Crippen LogP contribution in [0.3, 0.4) is 0 Å². The lowest BCUT2D eigenvalue weighted by Crippen LogP contribution is -2.24. The number of aromatic hydroxyl groups is 3. The van der Waals surface area contributed by atoms with Crippen LogP contribution in [0.2, 0.25) is 0 Å². The molecule has 0 heterocycles. The average Bonchev–Trinajstić information content (AvgIpc) is 2.61. The maximum absolute atomic E-state index is 12.9. The van der Waals surface area contributed by atoms with E-state index in [-0.39, 0.29) is 58.6 Å². The predicted molar refractivity (Wildman–Crippen MR) is 88.3 cm³/mol. The van der Waals surface area contributed by atoms with Gasteiger partial charge in [-0.2, -0.15) is 0 Å². The maximum Gasteiger partial charge on any atom is 0.202 e. The smallest absolute Gasteiger partial charge is 0.202 e. The van der Waals surface area contributed by atoms with Gasteiger partial charge in [0.1, 0.15) is 28.8 Å². The fourth-order valence-electron chi connectivity index (χ4n) is 3.67. The summed E-state index contributed by atoms with van der Waals surface area (Å²) >= 11 is 0. The minimum atomic E-state index is -0.762. The summed E-state index contributed by atoms with van der Waals surface area (Å²) in [7, 11) is 1.34. The molecule has 26 heavy (non-hydrogen) atoms. The highest BCUT2D eigenvalue weighted by atomic mass is 16.5. The van der Waals surface area contributed by atoms with Crippen LogP contribution in [0.15, 0.2) is 12.1 Å². The van der Waals surface area contributed by atoms with Crippen molar-refractivity contribution < 1.29 is 34.4 Å². The summed E-state index contributed by atoms with van der Waals surface area (Å²) in [6.45, 7) is 0. The molecule has 0 aromatic heterocycles. The first kappa shape index (κ1) is 16.1. The number of hydrogen-bond donors (Lipinski definition) is 3. The Balaban J connectivity index is 2.06. The van der Waals surface area contributed by atoms with Crippen LogP contribution in [0.5, 0.6) is 23.0 Å². The summed E-state index contributed by atoms with van der Waals surface area (Å²) < 4.78 is 5.01. The molecule has 0 saturated heterocycles. The monoisotopic (exact) mass is 354 g/mol. The molecule has 7 nitrogen and oxygen atoms in total. The summed E-state index contributed by atoms with van der Waals surface area (Å²) in [5.41, 5.74) is -0.594. The number of hydrogen-bond acceptors (Lipinski definition) is 7. The molecule has 0 amide bonds. The van der Waals surface area contributed by atoms with Gasteiger partial charge >= 0.3 is 0 Å². The van der Waals surface area contributed by atoms with Crippen molar-refractivity contribution in [3.8, 4) is 23.0 Å². The SMILES string of the molecule is COc1cc(O)c2c(c1)C(=O)c1c(O)c3c(c(O)c1C2=O)CCC(=O)C3. The van der Waals surface area contributed by atoms with Crippen LogP contribution in [-0.4, -0.2) is 39.8 Å². The summed E-state index contributed by atoms with van der Waals surface area (Å²) in [6, 6.07) is 2.49. The van der Waals surface area contributed by atoms with E-state index in [0.29, 0.717) is 5.56 Å². The lowest BCUT2D eigenvalue weighted by molar-refractivity contribution is -0.118. The van der Waals surface area contributed by atoms with Crippen molar-refractivity contribution in [3.63, 3.8) is 0 Å². The van der Waals surface area contributed by atoms with Crippen LogP contribution in [0.25, 0.3) is 0 Å². The molecule has 0 unspecified atom stereocenters. The third-order valence-corrected chi connectivity index (χ3v) is 4.94. The van der Waals surface area contributed by atoms with E-state index in [9.17, 15) is 29.7 Å². The Morgan fingerprint density at radius 1 is 0.846 bits per heavy atom. The van der Waals surface area contributed by atoms with Gasteiger partial charge in [0.15, 0.2) is 5.78 Å². The second kappa shape index (κ2) is 5.32. The normalized spacial score (nSPS) is 15.3. The van der Waals surface area contributed by atoms with Crippen LogP contribution < -0.4 is 4.74 Å². The molecular weight excluding hydrogens is 340 g/mol. The second-order valence-electron chi connectivity index (χ2n) is 6.35. The van der Waals surface area contributed by atoms with E-state index in [2.05, 4.69) is 0 Å². The van der Waals surface area contributed by atoms with Gasteiger partial charge in [-0.25, -0.2) is 0 Å². The van der Waals surface area contributed by atoms with Crippen molar-refractivity contribution in [2.45, 2.75) is 19.3 Å². The van der Waals surface area contributed by atoms with Gasteiger partial charge in [0.2, 0.25) is 5.78 Å². The zero-order valence-corrected chi connectivity index (χ0v) is 13.8. The van der Waals surface area contributed by atoms with Gasteiger partial charge in [-0.1, -0.05) is 0 Å². The van der Waals surface area contributed by atoms with Crippen molar-refractivity contribution >= 4 is 17.3 Å². The number of benzene rings is 2. The van der Waals surface area contributed by atoms with Gasteiger partial charge in [0.25, 0.3) is 0 Å². The number of methoxy groups -OCH3 is 1. The minimum Gasteiger partial charge on any atom is -0.507 e. The zero-order valence-electron chi connectivity index (χ0n) is 13.8. The summed E-state index contributed by atoms with van der Waals surface area (Å²) in [6.07, 6.45) is 0.240. The molecule has 0 saturated carbocycles. The van der Waals surface area contributed by atoms with Crippen LogP contribution in [0, 0.1) is 0 Å². The highest BCUT2D eigenvalue weighted by Gasteiger charge is 2.40. The molecule has 4 rings (SSSR count).